The van der Waals surface area contributed by atoms with Crippen molar-refractivity contribution in [3.8, 4) is 0 Å². The van der Waals surface area contributed by atoms with E-state index in [1.54, 1.807) is 0 Å². The Morgan fingerprint density at radius 3 is 2.63 bits per heavy atom. The van der Waals surface area contributed by atoms with Gasteiger partial charge in [-0.3, -0.25) is 4.79 Å². The van der Waals surface area contributed by atoms with Crippen LogP contribution in [-0.2, 0) is 9.53 Å². The summed E-state index contributed by atoms with van der Waals surface area (Å²) in [5.41, 5.74) is -0.583. The molecule has 1 aliphatic carbocycles. The fourth-order valence-electron chi connectivity index (χ4n) is 2.70. The lowest BCUT2D eigenvalue weighted by atomic mass is 10.1. The highest BCUT2D eigenvalue weighted by Crippen LogP contribution is 2.64. The van der Waals surface area contributed by atoms with Gasteiger partial charge < -0.3 is 9.64 Å². The first-order valence-electron chi connectivity index (χ1n) is 7.19. The normalized spacial score (nSPS) is 33.9. The number of rotatable bonds is 4. The van der Waals surface area contributed by atoms with Crippen molar-refractivity contribution in [2.75, 3.05) is 19.7 Å². The number of amides is 1. The highest BCUT2D eigenvalue weighted by atomic mass is 35.5. The Morgan fingerprint density at radius 2 is 2.05 bits per heavy atom. The van der Waals surface area contributed by atoms with E-state index in [9.17, 15) is 4.79 Å². The highest BCUT2D eigenvalue weighted by Gasteiger charge is 2.68. The number of carbonyl (C=O) groups excluding carboxylic acids is 1. The van der Waals surface area contributed by atoms with Crippen LogP contribution in [-0.4, -0.2) is 40.9 Å². The maximum absolute atomic E-state index is 12.5. The fourth-order valence-corrected chi connectivity index (χ4v) is 3.40. The Kier molecular flexibility index (Phi) is 4.69. The molecule has 1 aliphatic heterocycles. The molecule has 1 heterocycles. The number of halogens is 2. The molecule has 0 spiro atoms. The molecule has 19 heavy (non-hydrogen) atoms. The quantitative estimate of drug-likeness (QED) is 0.745. The molecule has 0 aromatic rings. The van der Waals surface area contributed by atoms with Gasteiger partial charge in [-0.15, -0.1) is 23.2 Å². The van der Waals surface area contributed by atoms with E-state index in [-0.39, 0.29) is 5.91 Å². The van der Waals surface area contributed by atoms with E-state index in [0.29, 0.717) is 12.5 Å². The van der Waals surface area contributed by atoms with Crippen molar-refractivity contribution in [3.63, 3.8) is 0 Å². The first-order chi connectivity index (χ1) is 8.90. The number of hydrogen-bond acceptors (Lipinski definition) is 2. The number of ether oxygens (including phenoxy) is 1. The average Bonchev–Trinajstić information content (AvgIpc) is 2.97. The van der Waals surface area contributed by atoms with Gasteiger partial charge in [-0.25, -0.2) is 0 Å². The highest BCUT2D eigenvalue weighted by molar-refractivity contribution is 6.53. The Balaban J connectivity index is 1.88. The molecular formula is C14H23Cl2NO2. The molecule has 1 saturated heterocycles. The summed E-state index contributed by atoms with van der Waals surface area (Å²) in [4.78, 5) is 14.4. The summed E-state index contributed by atoms with van der Waals surface area (Å²) in [6, 6.07) is 0. The van der Waals surface area contributed by atoms with Crippen LogP contribution in [0.2, 0.25) is 0 Å². The van der Waals surface area contributed by atoms with Crippen LogP contribution >= 0.6 is 23.2 Å². The maximum Gasteiger partial charge on any atom is 0.231 e. The molecule has 0 unspecified atom stereocenters. The fraction of sp³-hybridized carbons (Fsp3) is 0.929. The van der Waals surface area contributed by atoms with Crippen LogP contribution in [0.3, 0.4) is 0 Å². The van der Waals surface area contributed by atoms with Gasteiger partial charge in [0.1, 0.15) is 4.33 Å². The number of hydrogen-bond donors (Lipinski definition) is 0. The standard InChI is InChI=1S/C14H23Cl2NO2/c1-3-9-19-11-5-4-7-17(8-6-11)12(18)13(2)10-14(13,15)16/h11H,3-10H2,1-2H3/t11-,13-/m1/s1. The van der Waals surface area contributed by atoms with Crippen LogP contribution in [0.1, 0.15) is 46.0 Å². The summed E-state index contributed by atoms with van der Waals surface area (Å²) in [5, 5.41) is 0. The monoisotopic (exact) mass is 307 g/mol. The minimum atomic E-state index is -0.867. The zero-order valence-electron chi connectivity index (χ0n) is 11.8. The minimum absolute atomic E-state index is 0.105. The van der Waals surface area contributed by atoms with Crippen LogP contribution in [0.4, 0.5) is 0 Å². The minimum Gasteiger partial charge on any atom is -0.378 e. The number of likely N-dealkylation sites (tertiary alicyclic amines) is 1. The Morgan fingerprint density at radius 1 is 1.37 bits per heavy atom. The van der Waals surface area contributed by atoms with Crippen molar-refractivity contribution in [3.05, 3.63) is 0 Å². The molecule has 0 radical (unpaired) electrons. The second-order valence-electron chi connectivity index (χ2n) is 5.93. The van der Waals surface area contributed by atoms with Crippen LogP contribution < -0.4 is 0 Å². The second kappa shape index (κ2) is 5.79. The predicted octanol–water partition coefficient (Wildman–Crippen LogP) is 3.38. The first kappa shape index (κ1) is 15.4. The molecule has 1 saturated carbocycles. The van der Waals surface area contributed by atoms with Gasteiger partial charge >= 0.3 is 0 Å². The molecule has 2 aliphatic rings. The summed E-state index contributed by atoms with van der Waals surface area (Å²) >= 11 is 12.2. The van der Waals surface area contributed by atoms with Gasteiger partial charge in [0.15, 0.2) is 0 Å². The molecule has 5 heteroatoms. The van der Waals surface area contributed by atoms with Gasteiger partial charge in [-0.05, 0) is 39.0 Å². The number of alkyl halides is 2. The van der Waals surface area contributed by atoms with Crippen molar-refractivity contribution in [1.29, 1.82) is 0 Å². The molecule has 0 N–H and O–H groups in total. The molecular weight excluding hydrogens is 285 g/mol. The third-order valence-corrected chi connectivity index (χ3v) is 5.35. The molecule has 3 nitrogen and oxygen atoms in total. The van der Waals surface area contributed by atoms with Crippen molar-refractivity contribution in [2.45, 2.75) is 56.4 Å². The zero-order chi connectivity index (χ0) is 14.1. The van der Waals surface area contributed by atoms with Crippen molar-refractivity contribution < 1.29 is 9.53 Å². The van der Waals surface area contributed by atoms with Gasteiger partial charge in [-0.1, -0.05) is 6.92 Å². The second-order valence-corrected chi connectivity index (χ2v) is 7.41. The molecule has 0 aromatic carbocycles. The molecule has 0 aromatic heterocycles. The van der Waals surface area contributed by atoms with Crippen LogP contribution in [0.25, 0.3) is 0 Å². The Bertz CT molecular complexity index is 348. The summed E-state index contributed by atoms with van der Waals surface area (Å²) in [6.45, 7) is 6.34. The topological polar surface area (TPSA) is 29.5 Å². The summed E-state index contributed by atoms with van der Waals surface area (Å²) in [5.74, 6) is 0.105. The lowest BCUT2D eigenvalue weighted by Gasteiger charge is -2.25. The molecule has 2 atom stereocenters. The van der Waals surface area contributed by atoms with Crippen molar-refractivity contribution in [1.82, 2.24) is 4.90 Å². The van der Waals surface area contributed by atoms with E-state index in [4.69, 9.17) is 27.9 Å². The Hall–Kier alpha value is 0.01000. The van der Waals surface area contributed by atoms with Gasteiger partial charge in [0, 0.05) is 19.7 Å². The largest absolute Gasteiger partial charge is 0.378 e. The van der Waals surface area contributed by atoms with Crippen LogP contribution in [0.15, 0.2) is 0 Å². The van der Waals surface area contributed by atoms with E-state index in [1.807, 2.05) is 11.8 Å². The number of carbonyl (C=O) groups is 1. The van der Waals surface area contributed by atoms with Crippen LogP contribution in [0.5, 0.6) is 0 Å². The third kappa shape index (κ3) is 3.20. The molecule has 2 fully saturated rings. The van der Waals surface area contributed by atoms with Gasteiger partial charge in [0.25, 0.3) is 0 Å². The van der Waals surface area contributed by atoms with Crippen molar-refractivity contribution >= 4 is 29.1 Å². The Labute approximate surface area is 125 Å². The molecule has 1 amide bonds. The van der Waals surface area contributed by atoms with E-state index in [0.717, 1.165) is 45.4 Å². The smallest absolute Gasteiger partial charge is 0.231 e. The first-order valence-corrected chi connectivity index (χ1v) is 7.95. The van der Waals surface area contributed by atoms with E-state index in [1.165, 1.54) is 0 Å². The summed E-state index contributed by atoms with van der Waals surface area (Å²) in [6.07, 6.45) is 4.84. The molecule has 2 rings (SSSR count). The maximum atomic E-state index is 12.5. The van der Waals surface area contributed by atoms with Gasteiger partial charge in [0.2, 0.25) is 5.91 Å². The van der Waals surface area contributed by atoms with Crippen molar-refractivity contribution in [2.24, 2.45) is 5.41 Å². The van der Waals surface area contributed by atoms with E-state index in [2.05, 4.69) is 6.92 Å². The summed E-state index contributed by atoms with van der Waals surface area (Å²) in [7, 11) is 0. The van der Waals surface area contributed by atoms with Gasteiger partial charge in [-0.2, -0.15) is 0 Å². The molecule has 0 bridgehead atoms. The zero-order valence-corrected chi connectivity index (χ0v) is 13.3. The van der Waals surface area contributed by atoms with Crippen LogP contribution in [0, 0.1) is 5.41 Å². The van der Waals surface area contributed by atoms with E-state index < -0.39 is 9.75 Å². The molecule has 110 valence electrons. The van der Waals surface area contributed by atoms with E-state index >= 15 is 0 Å². The number of nitrogens with zero attached hydrogens (tertiary/aromatic N) is 1. The summed E-state index contributed by atoms with van der Waals surface area (Å²) < 4.78 is 4.93. The third-order valence-electron chi connectivity index (χ3n) is 4.25. The average molecular weight is 308 g/mol. The lowest BCUT2D eigenvalue weighted by molar-refractivity contribution is -0.136. The lowest BCUT2D eigenvalue weighted by Crippen LogP contribution is -2.39. The SMILES string of the molecule is CCCO[C@@H]1CCCN(C(=O)[C@@]2(C)CC2(Cl)Cl)CC1. The predicted molar refractivity (Wildman–Crippen MR) is 77.6 cm³/mol. The van der Waals surface area contributed by atoms with Gasteiger partial charge in [0.05, 0.1) is 11.5 Å².